The quantitative estimate of drug-likeness (QED) is 0.613. The SMILES string of the molecule is Cn1cc(-c2cnc(OC3CCN(c4ncc(C(F)(F)F)cc4Cl)CC3)nc2)cn1. The highest BCUT2D eigenvalue weighted by molar-refractivity contribution is 6.33. The monoisotopic (exact) mass is 438 g/mol. The van der Waals surface area contributed by atoms with Gasteiger partial charge in [0.05, 0.1) is 16.8 Å². The summed E-state index contributed by atoms with van der Waals surface area (Å²) >= 11 is 6.04. The molecule has 11 heteroatoms. The number of anilines is 1. The van der Waals surface area contributed by atoms with Crippen LogP contribution in [0.4, 0.5) is 19.0 Å². The minimum absolute atomic E-state index is 0.0153. The number of hydrogen-bond acceptors (Lipinski definition) is 6. The van der Waals surface area contributed by atoms with Crippen LogP contribution in [0.15, 0.2) is 37.1 Å². The predicted molar refractivity (Wildman–Crippen MR) is 104 cm³/mol. The average Bonchev–Trinajstić information content (AvgIpc) is 3.15. The van der Waals surface area contributed by atoms with E-state index in [1.54, 1.807) is 23.3 Å². The molecule has 1 saturated heterocycles. The molecule has 4 heterocycles. The zero-order valence-electron chi connectivity index (χ0n) is 16.0. The van der Waals surface area contributed by atoms with Crippen LogP contribution in [0, 0.1) is 0 Å². The summed E-state index contributed by atoms with van der Waals surface area (Å²) in [5.74, 6) is 0.347. The minimum atomic E-state index is -4.47. The zero-order chi connectivity index (χ0) is 21.3. The highest BCUT2D eigenvalue weighted by atomic mass is 35.5. The number of aryl methyl sites for hydroxylation is 1. The van der Waals surface area contributed by atoms with Crippen molar-refractivity contribution in [2.45, 2.75) is 25.1 Å². The molecule has 1 fully saturated rings. The van der Waals surface area contributed by atoms with Crippen molar-refractivity contribution in [2.24, 2.45) is 7.05 Å². The first kappa shape index (κ1) is 20.4. The molecule has 4 rings (SSSR count). The standard InChI is InChI=1S/C19H18ClF3N6O/c1-28-11-13(9-27-28)12-7-25-18(26-8-12)30-15-2-4-29(5-3-15)17-16(20)6-14(10-24-17)19(21,22)23/h6-11,15H,2-5H2,1H3. The van der Waals surface area contributed by atoms with E-state index in [9.17, 15) is 13.2 Å². The maximum Gasteiger partial charge on any atom is 0.417 e. The van der Waals surface area contributed by atoms with E-state index < -0.39 is 11.7 Å². The van der Waals surface area contributed by atoms with Crippen LogP contribution in [0.5, 0.6) is 6.01 Å². The molecule has 0 atom stereocenters. The molecule has 3 aromatic heterocycles. The van der Waals surface area contributed by atoms with Crippen molar-refractivity contribution in [2.75, 3.05) is 18.0 Å². The van der Waals surface area contributed by atoms with Crippen LogP contribution in [0.3, 0.4) is 0 Å². The van der Waals surface area contributed by atoms with Gasteiger partial charge in [-0.15, -0.1) is 0 Å². The molecule has 1 aliphatic rings. The molecule has 3 aromatic rings. The fraction of sp³-hybridized carbons (Fsp3) is 0.368. The summed E-state index contributed by atoms with van der Waals surface area (Å²) in [4.78, 5) is 14.3. The number of hydrogen-bond donors (Lipinski definition) is 0. The first-order valence-electron chi connectivity index (χ1n) is 9.25. The predicted octanol–water partition coefficient (Wildman–Crippen LogP) is 3.99. The summed E-state index contributed by atoms with van der Waals surface area (Å²) < 4.78 is 45.9. The van der Waals surface area contributed by atoms with Crippen molar-refractivity contribution in [3.8, 4) is 17.1 Å². The molecule has 0 N–H and O–H groups in total. The Morgan fingerprint density at radius 1 is 1.03 bits per heavy atom. The number of alkyl halides is 3. The second-order valence-corrected chi connectivity index (χ2v) is 7.40. The Morgan fingerprint density at radius 3 is 2.30 bits per heavy atom. The largest absolute Gasteiger partial charge is 0.460 e. The van der Waals surface area contributed by atoms with Crippen LogP contribution in [0.2, 0.25) is 5.02 Å². The molecule has 0 amide bonds. The van der Waals surface area contributed by atoms with Crippen LogP contribution in [-0.2, 0) is 13.2 Å². The number of pyridine rings is 1. The van der Waals surface area contributed by atoms with Crippen molar-refractivity contribution in [3.63, 3.8) is 0 Å². The summed E-state index contributed by atoms with van der Waals surface area (Å²) in [6.07, 6.45) is 4.49. The van der Waals surface area contributed by atoms with Crippen molar-refractivity contribution in [3.05, 3.63) is 47.6 Å². The first-order chi connectivity index (χ1) is 14.3. The summed E-state index contributed by atoms with van der Waals surface area (Å²) in [6, 6.07) is 1.19. The van der Waals surface area contributed by atoms with Crippen molar-refractivity contribution < 1.29 is 17.9 Å². The van der Waals surface area contributed by atoms with Gasteiger partial charge in [-0.1, -0.05) is 11.6 Å². The van der Waals surface area contributed by atoms with Gasteiger partial charge in [-0.2, -0.15) is 18.3 Å². The molecule has 7 nitrogen and oxygen atoms in total. The van der Waals surface area contributed by atoms with Crippen LogP contribution < -0.4 is 9.64 Å². The second kappa shape index (κ2) is 8.10. The third kappa shape index (κ3) is 4.48. The maximum atomic E-state index is 12.8. The summed E-state index contributed by atoms with van der Waals surface area (Å²) in [5, 5.41) is 4.10. The van der Waals surface area contributed by atoms with Gasteiger partial charge in [0.15, 0.2) is 0 Å². The molecule has 1 aliphatic heterocycles. The molecule has 0 spiro atoms. The van der Waals surface area contributed by atoms with E-state index in [-0.39, 0.29) is 17.1 Å². The van der Waals surface area contributed by atoms with Gasteiger partial charge < -0.3 is 9.64 Å². The number of piperidine rings is 1. The van der Waals surface area contributed by atoms with E-state index in [4.69, 9.17) is 16.3 Å². The third-order valence-corrected chi connectivity index (χ3v) is 5.11. The van der Waals surface area contributed by atoms with Crippen molar-refractivity contribution in [1.82, 2.24) is 24.7 Å². The lowest BCUT2D eigenvalue weighted by atomic mass is 10.1. The Balaban J connectivity index is 1.35. The topological polar surface area (TPSA) is 69.0 Å². The van der Waals surface area contributed by atoms with Gasteiger partial charge in [0.1, 0.15) is 11.9 Å². The Kier molecular flexibility index (Phi) is 5.50. The highest BCUT2D eigenvalue weighted by Gasteiger charge is 2.32. The van der Waals surface area contributed by atoms with E-state index in [1.807, 2.05) is 18.1 Å². The van der Waals surface area contributed by atoms with E-state index >= 15 is 0 Å². The van der Waals surface area contributed by atoms with E-state index in [2.05, 4.69) is 20.1 Å². The first-order valence-corrected chi connectivity index (χ1v) is 9.63. The molecule has 0 unspecified atom stereocenters. The lowest BCUT2D eigenvalue weighted by molar-refractivity contribution is -0.137. The Bertz CT molecular complexity index is 1020. The Labute approximate surface area is 175 Å². The number of aromatic nitrogens is 5. The summed E-state index contributed by atoms with van der Waals surface area (Å²) in [5.41, 5.74) is 0.896. The van der Waals surface area contributed by atoms with Crippen LogP contribution in [-0.4, -0.2) is 43.9 Å². The lowest BCUT2D eigenvalue weighted by Crippen LogP contribution is -2.39. The van der Waals surface area contributed by atoms with Crippen molar-refractivity contribution >= 4 is 17.4 Å². The van der Waals surface area contributed by atoms with E-state index in [1.165, 1.54) is 0 Å². The Hall–Kier alpha value is -2.88. The van der Waals surface area contributed by atoms with E-state index in [0.29, 0.717) is 31.7 Å². The van der Waals surface area contributed by atoms with Gasteiger partial charge >= 0.3 is 12.2 Å². The number of ether oxygens (including phenoxy) is 1. The maximum absolute atomic E-state index is 12.8. The van der Waals surface area contributed by atoms with Gasteiger partial charge in [-0.3, -0.25) is 4.68 Å². The molecule has 0 saturated carbocycles. The van der Waals surface area contributed by atoms with Gasteiger partial charge in [0.25, 0.3) is 0 Å². The second-order valence-electron chi connectivity index (χ2n) is 6.99. The van der Waals surface area contributed by atoms with Crippen LogP contribution >= 0.6 is 11.6 Å². The van der Waals surface area contributed by atoms with Crippen LogP contribution in [0.1, 0.15) is 18.4 Å². The molecule has 0 radical (unpaired) electrons. The smallest absolute Gasteiger partial charge is 0.417 e. The molecule has 0 aromatic carbocycles. The van der Waals surface area contributed by atoms with Gasteiger partial charge in [-0.05, 0) is 6.07 Å². The molecule has 0 bridgehead atoms. The summed E-state index contributed by atoms with van der Waals surface area (Å²) in [7, 11) is 1.83. The van der Waals surface area contributed by atoms with Gasteiger partial charge in [0.2, 0.25) is 0 Å². The van der Waals surface area contributed by atoms with Gasteiger partial charge in [-0.25, -0.2) is 15.0 Å². The summed E-state index contributed by atoms with van der Waals surface area (Å²) in [6.45, 7) is 1.10. The molecule has 30 heavy (non-hydrogen) atoms. The minimum Gasteiger partial charge on any atom is -0.460 e. The molecule has 0 aliphatic carbocycles. The van der Waals surface area contributed by atoms with E-state index in [0.717, 1.165) is 23.4 Å². The normalized spacial score (nSPS) is 15.4. The molecule has 158 valence electrons. The number of halogens is 4. The third-order valence-electron chi connectivity index (χ3n) is 4.83. The molecular formula is C19H18ClF3N6O. The fourth-order valence-electron chi connectivity index (χ4n) is 3.25. The average molecular weight is 439 g/mol. The van der Waals surface area contributed by atoms with Crippen LogP contribution in [0.25, 0.3) is 11.1 Å². The molecular weight excluding hydrogens is 421 g/mol. The number of nitrogens with zero attached hydrogens (tertiary/aromatic N) is 6. The lowest BCUT2D eigenvalue weighted by Gasteiger charge is -2.33. The zero-order valence-corrected chi connectivity index (χ0v) is 16.7. The highest BCUT2D eigenvalue weighted by Crippen LogP contribution is 2.34. The van der Waals surface area contributed by atoms with Gasteiger partial charge in [0, 0.05) is 68.9 Å². The van der Waals surface area contributed by atoms with Crippen molar-refractivity contribution in [1.29, 1.82) is 0 Å². The fourth-order valence-corrected chi connectivity index (χ4v) is 3.54. The number of rotatable bonds is 4. The Morgan fingerprint density at radius 2 is 1.73 bits per heavy atom.